The Morgan fingerprint density at radius 2 is 2.08 bits per heavy atom. The van der Waals surface area contributed by atoms with Crippen molar-refractivity contribution in [2.24, 2.45) is 5.92 Å². The van der Waals surface area contributed by atoms with Crippen molar-refractivity contribution in [3.05, 3.63) is 42.0 Å². The van der Waals surface area contributed by atoms with Gasteiger partial charge in [0.1, 0.15) is 11.5 Å². The fourth-order valence-electron chi connectivity index (χ4n) is 3.99. The van der Waals surface area contributed by atoms with Crippen LogP contribution in [-0.4, -0.2) is 45.9 Å². The average Bonchev–Trinajstić information content (AvgIpc) is 3.09. The van der Waals surface area contributed by atoms with Crippen molar-refractivity contribution in [2.75, 3.05) is 13.1 Å². The van der Waals surface area contributed by atoms with Crippen LogP contribution < -0.4 is 5.32 Å². The topological polar surface area (TPSA) is 61.0 Å². The number of halogens is 1. The van der Waals surface area contributed by atoms with Crippen molar-refractivity contribution in [3.63, 3.8) is 0 Å². The number of rotatable bonds is 3. The number of H-pyrrole nitrogens is 1. The summed E-state index contributed by atoms with van der Waals surface area (Å²) in [5, 5.41) is 3.20. The zero-order chi connectivity index (χ0) is 16.7. The second-order valence-corrected chi connectivity index (χ2v) is 6.76. The summed E-state index contributed by atoms with van der Waals surface area (Å²) in [5.41, 5.74) is 1.84. The van der Waals surface area contributed by atoms with Crippen molar-refractivity contribution in [1.82, 2.24) is 20.2 Å². The Labute approximate surface area is 140 Å². The van der Waals surface area contributed by atoms with Crippen molar-refractivity contribution in [1.29, 1.82) is 0 Å². The molecule has 2 bridgehead atoms. The number of pyridine rings is 1. The van der Waals surface area contributed by atoms with Gasteiger partial charge in [0.05, 0.1) is 17.6 Å². The van der Waals surface area contributed by atoms with E-state index in [4.69, 9.17) is 0 Å². The third-order valence-corrected chi connectivity index (χ3v) is 5.41. The predicted octanol–water partition coefficient (Wildman–Crippen LogP) is 2.43. The lowest BCUT2D eigenvalue weighted by molar-refractivity contribution is 0.0216. The van der Waals surface area contributed by atoms with Crippen molar-refractivity contribution < 1.29 is 9.18 Å². The van der Waals surface area contributed by atoms with Gasteiger partial charge in [-0.2, -0.15) is 0 Å². The zero-order valence-corrected chi connectivity index (χ0v) is 13.6. The van der Waals surface area contributed by atoms with Crippen LogP contribution in [0, 0.1) is 11.7 Å². The molecule has 2 aromatic heterocycles. The minimum atomic E-state index is -0.375. The molecule has 3 aliphatic heterocycles. The van der Waals surface area contributed by atoms with Crippen LogP contribution in [-0.2, 0) is 0 Å². The van der Waals surface area contributed by atoms with Gasteiger partial charge >= 0.3 is 0 Å². The molecule has 5 heterocycles. The van der Waals surface area contributed by atoms with Crippen LogP contribution in [0.1, 0.15) is 30.3 Å². The summed E-state index contributed by atoms with van der Waals surface area (Å²) in [5.74, 6) is 0.107. The fraction of sp³-hybridized carbons (Fsp3) is 0.444. The van der Waals surface area contributed by atoms with Gasteiger partial charge in [-0.3, -0.25) is 14.7 Å². The first-order valence-corrected chi connectivity index (χ1v) is 8.47. The maximum Gasteiger partial charge on any atom is 0.267 e. The Morgan fingerprint density at radius 3 is 2.75 bits per heavy atom. The van der Waals surface area contributed by atoms with Crippen LogP contribution in [0.15, 0.2) is 30.5 Å². The number of carbonyl (C=O) groups excluding carboxylic acids is 1. The number of aromatic nitrogens is 2. The second kappa shape index (κ2) is 6.02. The highest BCUT2D eigenvalue weighted by molar-refractivity contribution is 5.93. The molecule has 2 unspecified atom stereocenters. The number of amides is 1. The largest absolute Gasteiger partial charge is 0.349 e. The molecule has 24 heavy (non-hydrogen) atoms. The molecular formula is C18H21FN4O. The molecule has 0 aliphatic carbocycles. The van der Waals surface area contributed by atoms with Crippen LogP contribution in [0.2, 0.25) is 0 Å². The summed E-state index contributed by atoms with van der Waals surface area (Å²) in [6.45, 7) is 4.47. The number of fused-ring (bicyclic) bond motifs is 3. The van der Waals surface area contributed by atoms with Crippen molar-refractivity contribution >= 4 is 5.91 Å². The number of nitrogens with zero attached hydrogens (tertiary/aromatic N) is 2. The molecule has 6 heteroatoms. The Kier molecular flexibility index (Phi) is 3.84. The number of carbonyl (C=O) groups is 1. The third kappa shape index (κ3) is 2.71. The van der Waals surface area contributed by atoms with Crippen molar-refractivity contribution in [2.45, 2.75) is 31.8 Å². The normalized spacial score (nSPS) is 28.8. The van der Waals surface area contributed by atoms with Gasteiger partial charge in [0.2, 0.25) is 0 Å². The lowest BCUT2D eigenvalue weighted by Gasteiger charge is -2.49. The van der Waals surface area contributed by atoms with Crippen LogP contribution in [0.3, 0.4) is 0 Å². The average molecular weight is 328 g/mol. The van der Waals surface area contributed by atoms with Gasteiger partial charge in [-0.05, 0) is 63.0 Å². The molecule has 3 saturated heterocycles. The third-order valence-electron chi connectivity index (χ3n) is 5.41. The van der Waals surface area contributed by atoms with Gasteiger partial charge in [0.25, 0.3) is 5.91 Å². The molecule has 2 N–H and O–H groups in total. The fourth-order valence-corrected chi connectivity index (χ4v) is 3.99. The first-order chi connectivity index (χ1) is 11.6. The molecule has 1 amide bonds. The number of nitrogens with one attached hydrogen (secondary N) is 2. The van der Waals surface area contributed by atoms with E-state index in [0.29, 0.717) is 29.0 Å². The summed E-state index contributed by atoms with van der Waals surface area (Å²) in [6.07, 6.45) is 3.49. The molecule has 2 aromatic rings. The van der Waals surface area contributed by atoms with E-state index in [2.05, 4.69) is 27.1 Å². The van der Waals surface area contributed by atoms with Gasteiger partial charge < -0.3 is 10.3 Å². The zero-order valence-electron chi connectivity index (χ0n) is 13.6. The number of hydrogen-bond donors (Lipinski definition) is 2. The summed E-state index contributed by atoms with van der Waals surface area (Å²) in [6, 6.07) is 7.10. The van der Waals surface area contributed by atoms with Gasteiger partial charge in [0, 0.05) is 12.1 Å². The second-order valence-electron chi connectivity index (χ2n) is 6.76. The van der Waals surface area contributed by atoms with E-state index in [1.807, 2.05) is 0 Å². The van der Waals surface area contributed by atoms with E-state index in [1.165, 1.54) is 12.3 Å². The van der Waals surface area contributed by atoms with Gasteiger partial charge in [-0.25, -0.2) is 4.39 Å². The van der Waals surface area contributed by atoms with E-state index in [9.17, 15) is 9.18 Å². The molecule has 5 rings (SSSR count). The predicted molar refractivity (Wildman–Crippen MR) is 89.0 cm³/mol. The molecule has 126 valence electrons. The van der Waals surface area contributed by atoms with E-state index in [1.54, 1.807) is 18.2 Å². The maximum atomic E-state index is 13.0. The highest BCUT2D eigenvalue weighted by Crippen LogP contribution is 2.32. The van der Waals surface area contributed by atoms with Gasteiger partial charge in [-0.15, -0.1) is 0 Å². The first-order valence-electron chi connectivity index (χ1n) is 8.47. The minimum Gasteiger partial charge on any atom is -0.349 e. The van der Waals surface area contributed by atoms with Crippen LogP contribution >= 0.6 is 0 Å². The van der Waals surface area contributed by atoms with Crippen LogP contribution in [0.4, 0.5) is 4.39 Å². The molecule has 3 fully saturated rings. The summed E-state index contributed by atoms with van der Waals surface area (Å²) >= 11 is 0. The maximum absolute atomic E-state index is 13.0. The summed E-state index contributed by atoms with van der Waals surface area (Å²) in [4.78, 5) is 22.2. The smallest absolute Gasteiger partial charge is 0.267 e. The molecule has 3 aliphatic rings. The quantitative estimate of drug-likeness (QED) is 0.910. The Hall–Kier alpha value is -2.21. The number of hydrogen-bond acceptors (Lipinski definition) is 3. The molecule has 5 nitrogen and oxygen atoms in total. The Morgan fingerprint density at radius 1 is 1.29 bits per heavy atom. The van der Waals surface area contributed by atoms with E-state index in [-0.39, 0.29) is 17.8 Å². The molecule has 0 saturated carbocycles. The molecular weight excluding hydrogens is 307 g/mol. The Balaban J connectivity index is 1.48. The standard InChI is InChI=1S/C18H21FN4O/c1-11-17(12-6-8-23(11)9-7-12)22-18(24)16-5-4-15(21-16)14-3-2-13(19)10-20-14/h2-5,10-12,17,21H,6-9H2,1H3,(H,22,24). The molecule has 0 aromatic carbocycles. The van der Waals surface area contributed by atoms with E-state index < -0.39 is 0 Å². The number of aromatic amines is 1. The minimum absolute atomic E-state index is 0.0889. The molecule has 0 spiro atoms. The lowest BCUT2D eigenvalue weighted by atomic mass is 9.79. The van der Waals surface area contributed by atoms with Crippen molar-refractivity contribution in [3.8, 4) is 11.4 Å². The lowest BCUT2D eigenvalue weighted by Crippen LogP contribution is -2.62. The molecule has 2 atom stereocenters. The highest BCUT2D eigenvalue weighted by Gasteiger charge is 2.40. The summed E-state index contributed by atoms with van der Waals surface area (Å²) < 4.78 is 13.0. The van der Waals surface area contributed by atoms with E-state index >= 15 is 0 Å². The SMILES string of the molecule is CC1C(NC(=O)c2ccc(-c3ccc(F)cn3)[nH]2)C2CCN1CC2. The monoisotopic (exact) mass is 328 g/mol. The van der Waals surface area contributed by atoms with Gasteiger partial charge in [0.15, 0.2) is 0 Å². The Bertz CT molecular complexity index is 732. The highest BCUT2D eigenvalue weighted by atomic mass is 19.1. The molecule has 0 radical (unpaired) electrons. The number of piperidine rings is 3. The van der Waals surface area contributed by atoms with Crippen LogP contribution in [0.5, 0.6) is 0 Å². The summed E-state index contributed by atoms with van der Waals surface area (Å²) in [7, 11) is 0. The van der Waals surface area contributed by atoms with E-state index in [0.717, 1.165) is 25.9 Å². The first kappa shape index (κ1) is 15.3. The van der Waals surface area contributed by atoms with Crippen LogP contribution in [0.25, 0.3) is 11.4 Å². The van der Waals surface area contributed by atoms with Gasteiger partial charge in [-0.1, -0.05) is 0 Å².